The van der Waals surface area contributed by atoms with Gasteiger partial charge in [0.15, 0.2) is 0 Å². The summed E-state index contributed by atoms with van der Waals surface area (Å²) in [5.74, 6) is 0.897. The van der Waals surface area contributed by atoms with Gasteiger partial charge in [-0.15, -0.1) is 0 Å². The maximum atomic E-state index is 13.3. The number of fused-ring (bicyclic) bond motifs is 1. The number of hydrogen-bond acceptors (Lipinski definition) is 5. The third-order valence-electron chi connectivity index (χ3n) is 5.65. The van der Waals surface area contributed by atoms with Crippen molar-refractivity contribution in [3.05, 3.63) is 65.5 Å². The van der Waals surface area contributed by atoms with E-state index in [1.54, 1.807) is 42.5 Å². The molecule has 1 aliphatic heterocycles. The first-order valence-corrected chi connectivity index (χ1v) is 9.57. The zero-order valence-corrected chi connectivity index (χ0v) is 16.9. The molecule has 1 fully saturated rings. The van der Waals surface area contributed by atoms with Crippen molar-refractivity contribution in [2.75, 3.05) is 11.9 Å². The Balaban J connectivity index is 1.79. The van der Waals surface area contributed by atoms with Gasteiger partial charge in [-0.05, 0) is 37.1 Å². The van der Waals surface area contributed by atoms with Crippen LogP contribution in [0.1, 0.15) is 42.1 Å². The smallest absolute Gasteiger partial charge is 0.269 e. The van der Waals surface area contributed by atoms with Crippen molar-refractivity contribution in [3.8, 4) is 0 Å². The van der Waals surface area contributed by atoms with Crippen molar-refractivity contribution in [2.24, 2.45) is 11.3 Å². The highest BCUT2D eigenvalue weighted by Gasteiger charge is 2.51. The minimum Gasteiger partial charge on any atom is -0.354 e. The maximum absolute atomic E-state index is 13.3. The second kappa shape index (κ2) is 6.92. The summed E-state index contributed by atoms with van der Waals surface area (Å²) >= 11 is 0. The Hall–Kier alpha value is -3.35. The van der Waals surface area contributed by atoms with Gasteiger partial charge in [-0.1, -0.05) is 26.0 Å². The molecule has 0 spiro atoms. The predicted octanol–water partition coefficient (Wildman–Crippen LogP) is 2.90. The molecular weight excluding hydrogens is 366 g/mol. The van der Waals surface area contributed by atoms with Crippen molar-refractivity contribution in [1.82, 2.24) is 20.3 Å². The number of aryl methyl sites for hydroxylation is 1. The summed E-state index contributed by atoms with van der Waals surface area (Å²) in [7, 11) is 1.56. The van der Waals surface area contributed by atoms with E-state index in [0.717, 1.165) is 23.3 Å². The summed E-state index contributed by atoms with van der Waals surface area (Å²) < 4.78 is 0. The lowest BCUT2D eigenvalue weighted by atomic mass is 9.75. The van der Waals surface area contributed by atoms with Crippen LogP contribution in [0.2, 0.25) is 0 Å². The third-order valence-corrected chi connectivity index (χ3v) is 5.65. The number of aromatic nitrogens is 3. The molecule has 1 atom stereocenters. The molecule has 0 aromatic carbocycles. The van der Waals surface area contributed by atoms with E-state index in [1.165, 1.54) is 0 Å². The standard InChI is InChI=1S/C22H23N5O2/c1-13-24-11-15(12-25-13)14-8-9-16-18(10-14)27(21(29)22(16,2)3)19-7-5-6-17(26-19)20(28)23-4/h5-8,10-12,16H,9H2,1-4H3,(H,23,28). The molecule has 29 heavy (non-hydrogen) atoms. The molecule has 2 aromatic heterocycles. The Morgan fingerprint density at radius 1 is 1.24 bits per heavy atom. The van der Waals surface area contributed by atoms with E-state index in [9.17, 15) is 9.59 Å². The van der Waals surface area contributed by atoms with E-state index in [-0.39, 0.29) is 23.4 Å². The molecule has 148 valence electrons. The molecule has 1 saturated heterocycles. The number of pyridine rings is 1. The number of carbonyl (C=O) groups excluding carboxylic acids is 2. The molecule has 2 aliphatic rings. The van der Waals surface area contributed by atoms with Crippen LogP contribution < -0.4 is 10.2 Å². The molecule has 1 unspecified atom stereocenters. The fraction of sp³-hybridized carbons (Fsp3) is 0.318. The summed E-state index contributed by atoms with van der Waals surface area (Å²) in [6.45, 7) is 5.77. The fourth-order valence-electron chi connectivity index (χ4n) is 3.91. The number of rotatable bonds is 3. The van der Waals surface area contributed by atoms with Gasteiger partial charge in [0, 0.05) is 36.6 Å². The molecule has 3 heterocycles. The van der Waals surface area contributed by atoms with Gasteiger partial charge in [0.25, 0.3) is 5.91 Å². The number of anilines is 1. The number of carbonyl (C=O) groups is 2. The molecule has 4 rings (SSSR count). The van der Waals surface area contributed by atoms with Crippen LogP contribution in [0.15, 0.2) is 48.4 Å². The van der Waals surface area contributed by atoms with Gasteiger partial charge in [-0.3, -0.25) is 14.5 Å². The summed E-state index contributed by atoms with van der Waals surface area (Å²) in [5.41, 5.74) is 2.49. The summed E-state index contributed by atoms with van der Waals surface area (Å²) in [4.78, 5) is 40.0. The predicted molar refractivity (Wildman–Crippen MR) is 110 cm³/mol. The van der Waals surface area contributed by atoms with E-state index in [2.05, 4.69) is 26.3 Å². The Labute approximate surface area is 169 Å². The number of nitrogens with zero attached hydrogens (tertiary/aromatic N) is 4. The fourth-order valence-corrected chi connectivity index (χ4v) is 3.91. The molecule has 7 heteroatoms. The molecule has 7 nitrogen and oxygen atoms in total. The number of allylic oxidation sites excluding steroid dienone is 4. The first kappa shape index (κ1) is 19.0. The van der Waals surface area contributed by atoms with E-state index >= 15 is 0 Å². The Morgan fingerprint density at radius 2 is 1.97 bits per heavy atom. The van der Waals surface area contributed by atoms with Crippen LogP contribution in [-0.2, 0) is 4.79 Å². The monoisotopic (exact) mass is 389 g/mol. The van der Waals surface area contributed by atoms with Crippen LogP contribution in [0.4, 0.5) is 5.82 Å². The average molecular weight is 389 g/mol. The number of hydrogen-bond donors (Lipinski definition) is 1. The van der Waals surface area contributed by atoms with Gasteiger partial charge in [0.1, 0.15) is 17.3 Å². The van der Waals surface area contributed by atoms with E-state index < -0.39 is 5.41 Å². The molecule has 1 N–H and O–H groups in total. The Kier molecular flexibility index (Phi) is 4.53. The minimum absolute atomic E-state index is 0.0230. The highest BCUT2D eigenvalue weighted by Crippen LogP contribution is 2.50. The van der Waals surface area contributed by atoms with Crippen LogP contribution in [0, 0.1) is 18.3 Å². The topological polar surface area (TPSA) is 88.1 Å². The van der Waals surface area contributed by atoms with Gasteiger partial charge in [0.2, 0.25) is 5.91 Å². The van der Waals surface area contributed by atoms with Crippen molar-refractivity contribution in [3.63, 3.8) is 0 Å². The highest BCUT2D eigenvalue weighted by atomic mass is 16.2. The zero-order valence-electron chi connectivity index (χ0n) is 16.9. The minimum atomic E-state index is -0.567. The van der Waals surface area contributed by atoms with Crippen LogP contribution >= 0.6 is 0 Å². The van der Waals surface area contributed by atoms with Gasteiger partial charge in [0.05, 0.1) is 5.41 Å². The lowest BCUT2D eigenvalue weighted by Gasteiger charge is -2.25. The SMILES string of the molecule is CNC(=O)c1cccc(N2C(=O)C(C)(C)C3CC=C(c4cnc(C)nc4)C=C32)n1. The van der Waals surface area contributed by atoms with Crippen LogP contribution in [0.5, 0.6) is 0 Å². The van der Waals surface area contributed by atoms with E-state index in [1.807, 2.05) is 26.8 Å². The van der Waals surface area contributed by atoms with Crippen LogP contribution in [0.25, 0.3) is 5.57 Å². The Morgan fingerprint density at radius 3 is 2.66 bits per heavy atom. The van der Waals surface area contributed by atoms with Gasteiger partial charge in [-0.25, -0.2) is 15.0 Å². The lowest BCUT2D eigenvalue weighted by molar-refractivity contribution is -0.125. The third kappa shape index (κ3) is 3.12. The lowest BCUT2D eigenvalue weighted by Crippen LogP contribution is -2.32. The van der Waals surface area contributed by atoms with E-state index in [4.69, 9.17) is 0 Å². The van der Waals surface area contributed by atoms with Crippen molar-refractivity contribution in [1.29, 1.82) is 0 Å². The second-order valence-corrected chi connectivity index (χ2v) is 7.86. The summed E-state index contributed by atoms with van der Waals surface area (Å²) in [6, 6.07) is 5.14. The van der Waals surface area contributed by atoms with Crippen LogP contribution in [-0.4, -0.2) is 33.8 Å². The molecule has 0 radical (unpaired) electrons. The molecule has 0 bridgehead atoms. The molecule has 2 aromatic rings. The first-order valence-electron chi connectivity index (χ1n) is 9.57. The molecule has 2 amide bonds. The molecule has 0 saturated carbocycles. The first-order chi connectivity index (χ1) is 13.8. The van der Waals surface area contributed by atoms with Crippen LogP contribution in [0.3, 0.4) is 0 Å². The zero-order chi connectivity index (χ0) is 20.8. The van der Waals surface area contributed by atoms with Crippen molar-refractivity contribution < 1.29 is 9.59 Å². The Bertz CT molecular complexity index is 1050. The normalized spacial score (nSPS) is 20.1. The van der Waals surface area contributed by atoms with Gasteiger partial charge >= 0.3 is 0 Å². The number of amides is 2. The maximum Gasteiger partial charge on any atom is 0.269 e. The highest BCUT2D eigenvalue weighted by molar-refractivity contribution is 6.04. The van der Waals surface area contributed by atoms with Crippen molar-refractivity contribution in [2.45, 2.75) is 27.2 Å². The second-order valence-electron chi connectivity index (χ2n) is 7.86. The quantitative estimate of drug-likeness (QED) is 0.872. The van der Waals surface area contributed by atoms with Gasteiger partial charge in [-0.2, -0.15) is 0 Å². The summed E-state index contributed by atoms with van der Waals surface area (Å²) in [5, 5.41) is 2.57. The largest absolute Gasteiger partial charge is 0.354 e. The summed E-state index contributed by atoms with van der Waals surface area (Å²) in [6.07, 6.45) is 8.47. The average Bonchev–Trinajstić information content (AvgIpc) is 2.93. The van der Waals surface area contributed by atoms with Gasteiger partial charge < -0.3 is 5.32 Å². The molecular formula is C22H23N5O2. The van der Waals surface area contributed by atoms with Crippen molar-refractivity contribution >= 4 is 23.2 Å². The number of nitrogens with one attached hydrogen (secondary N) is 1. The van der Waals surface area contributed by atoms with E-state index in [0.29, 0.717) is 11.6 Å². The molecule has 1 aliphatic carbocycles.